The van der Waals surface area contributed by atoms with Crippen LogP contribution in [0.25, 0.3) is 0 Å². The smallest absolute Gasteiger partial charge is 0.258 e. The molecule has 1 aromatic heterocycles. The van der Waals surface area contributed by atoms with Crippen LogP contribution in [-0.4, -0.2) is 26.9 Å². The third kappa shape index (κ3) is 5.76. The first-order valence-corrected chi connectivity index (χ1v) is 11.8. The molecule has 0 bridgehead atoms. The molecule has 2 aromatic carbocycles. The van der Waals surface area contributed by atoms with Crippen molar-refractivity contribution >= 4 is 11.6 Å². The van der Waals surface area contributed by atoms with Gasteiger partial charge in [0.2, 0.25) is 5.91 Å². The Labute approximate surface area is 195 Å². The molecule has 0 fully saturated rings. The highest BCUT2D eigenvalue weighted by Gasteiger charge is 2.23. The first-order chi connectivity index (χ1) is 16.0. The van der Waals surface area contributed by atoms with E-state index in [1.54, 1.807) is 6.92 Å². The fourth-order valence-corrected chi connectivity index (χ4v) is 4.33. The molecule has 33 heavy (non-hydrogen) atoms. The van der Waals surface area contributed by atoms with E-state index in [-0.39, 0.29) is 18.0 Å². The van der Waals surface area contributed by atoms with E-state index >= 15 is 0 Å². The Morgan fingerprint density at radius 2 is 1.82 bits per heavy atom. The third-order valence-electron chi connectivity index (χ3n) is 6.19. The number of hydrogen-bond acceptors (Lipinski definition) is 4. The number of amides is 1. The predicted molar refractivity (Wildman–Crippen MR) is 131 cm³/mol. The zero-order chi connectivity index (χ0) is 23.2. The molecule has 0 saturated carbocycles. The summed E-state index contributed by atoms with van der Waals surface area (Å²) in [7, 11) is 0. The van der Waals surface area contributed by atoms with Crippen molar-refractivity contribution in [2.45, 2.75) is 59.2 Å². The van der Waals surface area contributed by atoms with E-state index in [4.69, 9.17) is 0 Å². The number of aryl methyl sites for hydroxylation is 2. The van der Waals surface area contributed by atoms with E-state index in [1.807, 2.05) is 42.5 Å². The lowest BCUT2D eigenvalue weighted by Gasteiger charge is -2.28. The quantitative estimate of drug-likeness (QED) is 0.568. The summed E-state index contributed by atoms with van der Waals surface area (Å²) in [5.74, 6) is 0.362. The molecule has 172 valence electrons. The zero-order valence-electron chi connectivity index (χ0n) is 19.5. The molecule has 6 heteroatoms. The molecule has 0 aliphatic carbocycles. The van der Waals surface area contributed by atoms with E-state index in [0.29, 0.717) is 17.9 Å². The molecular formula is C27H32N4O2. The second kappa shape index (κ2) is 10.6. The Kier molecular flexibility index (Phi) is 7.35. The maximum atomic E-state index is 13.3. The number of benzene rings is 2. The van der Waals surface area contributed by atoms with Crippen molar-refractivity contribution in [2.24, 2.45) is 0 Å². The van der Waals surface area contributed by atoms with Crippen molar-refractivity contribution in [3.05, 3.63) is 93.2 Å². The van der Waals surface area contributed by atoms with Crippen molar-refractivity contribution in [3.8, 4) is 0 Å². The molecule has 0 saturated heterocycles. The van der Waals surface area contributed by atoms with Crippen LogP contribution in [0.2, 0.25) is 0 Å². The molecule has 1 N–H and O–H groups in total. The van der Waals surface area contributed by atoms with Crippen molar-refractivity contribution in [3.63, 3.8) is 0 Å². The second-order valence-electron chi connectivity index (χ2n) is 8.77. The number of carbonyl (C=O) groups is 1. The average molecular weight is 445 g/mol. The highest BCUT2D eigenvalue weighted by Crippen LogP contribution is 2.17. The van der Waals surface area contributed by atoms with Gasteiger partial charge in [-0.25, -0.2) is 4.98 Å². The van der Waals surface area contributed by atoms with Gasteiger partial charge in [0.05, 0.1) is 11.3 Å². The summed E-state index contributed by atoms with van der Waals surface area (Å²) in [5.41, 5.74) is 4.69. The summed E-state index contributed by atoms with van der Waals surface area (Å²) in [6, 6.07) is 18.2. The lowest BCUT2D eigenvalue weighted by molar-refractivity contribution is -0.116. The fraction of sp³-hybridized carbons (Fsp3) is 0.370. The van der Waals surface area contributed by atoms with Gasteiger partial charge in [0, 0.05) is 31.7 Å². The van der Waals surface area contributed by atoms with Crippen molar-refractivity contribution in [2.75, 3.05) is 11.9 Å². The van der Waals surface area contributed by atoms with Crippen LogP contribution < -0.4 is 10.9 Å². The summed E-state index contributed by atoms with van der Waals surface area (Å²) < 4.78 is 1.50. The predicted octanol–water partition coefficient (Wildman–Crippen LogP) is 4.09. The number of carbonyl (C=O) groups excluding carboxylic acids is 1. The summed E-state index contributed by atoms with van der Waals surface area (Å²) in [5, 5.41) is 2.91. The van der Waals surface area contributed by atoms with Gasteiger partial charge >= 0.3 is 0 Å². The summed E-state index contributed by atoms with van der Waals surface area (Å²) in [4.78, 5) is 32.9. The molecule has 1 amide bonds. The number of hydrogen-bond donors (Lipinski definition) is 1. The Morgan fingerprint density at radius 3 is 2.55 bits per heavy atom. The zero-order valence-corrected chi connectivity index (χ0v) is 19.5. The monoisotopic (exact) mass is 444 g/mol. The van der Waals surface area contributed by atoms with E-state index in [0.717, 1.165) is 50.2 Å². The van der Waals surface area contributed by atoms with Crippen molar-refractivity contribution in [1.29, 1.82) is 0 Å². The fourth-order valence-electron chi connectivity index (χ4n) is 4.33. The highest BCUT2D eigenvalue weighted by molar-refractivity contribution is 5.90. The molecule has 0 spiro atoms. The van der Waals surface area contributed by atoms with Gasteiger partial charge in [-0.15, -0.1) is 0 Å². The maximum absolute atomic E-state index is 13.3. The molecule has 1 aliphatic heterocycles. The van der Waals surface area contributed by atoms with Crippen LogP contribution in [0, 0.1) is 6.92 Å². The topological polar surface area (TPSA) is 67.2 Å². The molecule has 2 heterocycles. The number of fused-ring (bicyclic) bond motifs is 1. The molecule has 4 rings (SSSR count). The minimum atomic E-state index is -0.222. The van der Waals surface area contributed by atoms with Crippen molar-refractivity contribution < 1.29 is 4.79 Å². The molecule has 0 atom stereocenters. The minimum Gasteiger partial charge on any atom is -0.325 e. The number of nitrogens with one attached hydrogen (secondary N) is 1. The van der Waals surface area contributed by atoms with Gasteiger partial charge in [0.25, 0.3) is 5.56 Å². The van der Waals surface area contributed by atoms with Gasteiger partial charge < -0.3 is 5.32 Å². The largest absolute Gasteiger partial charge is 0.325 e. The van der Waals surface area contributed by atoms with Crippen LogP contribution in [-0.2, 0) is 37.3 Å². The summed E-state index contributed by atoms with van der Waals surface area (Å²) >= 11 is 0. The van der Waals surface area contributed by atoms with Crippen LogP contribution in [0.15, 0.2) is 59.4 Å². The van der Waals surface area contributed by atoms with Crippen molar-refractivity contribution in [1.82, 2.24) is 14.5 Å². The molecule has 1 aliphatic rings. The van der Waals surface area contributed by atoms with E-state index in [9.17, 15) is 9.59 Å². The minimum absolute atomic E-state index is 0.0405. The van der Waals surface area contributed by atoms with E-state index < -0.39 is 0 Å². The molecule has 0 unspecified atom stereocenters. The molecular weight excluding hydrogens is 412 g/mol. The lowest BCUT2D eigenvalue weighted by atomic mass is 10.1. The Bertz CT molecular complexity index is 1150. The SMILES string of the molecule is CCCCc1ccc(NC(=O)Cn2c(C)nc3c(c2=O)CN(Cc2ccccc2)CC3)cc1. The number of nitrogens with zero attached hydrogens (tertiary/aromatic N) is 3. The third-order valence-corrected chi connectivity index (χ3v) is 6.19. The number of unbranched alkanes of at least 4 members (excludes halogenated alkanes) is 1. The highest BCUT2D eigenvalue weighted by atomic mass is 16.2. The summed E-state index contributed by atoms with van der Waals surface area (Å²) in [6.07, 6.45) is 4.10. The summed E-state index contributed by atoms with van der Waals surface area (Å²) in [6.45, 7) is 6.15. The molecule has 6 nitrogen and oxygen atoms in total. The normalized spacial score (nSPS) is 13.5. The second-order valence-corrected chi connectivity index (χ2v) is 8.77. The lowest BCUT2D eigenvalue weighted by Crippen LogP contribution is -2.39. The van der Waals surface area contributed by atoms with Crippen LogP contribution >= 0.6 is 0 Å². The molecule has 0 radical (unpaired) electrons. The number of rotatable bonds is 8. The van der Waals surface area contributed by atoms with Gasteiger partial charge in [-0.3, -0.25) is 19.1 Å². The van der Waals surface area contributed by atoms with Gasteiger partial charge in [-0.1, -0.05) is 55.8 Å². The van der Waals surface area contributed by atoms with Gasteiger partial charge in [0.15, 0.2) is 0 Å². The Hall–Kier alpha value is -3.25. The van der Waals surface area contributed by atoms with Crippen LogP contribution in [0.3, 0.4) is 0 Å². The maximum Gasteiger partial charge on any atom is 0.258 e. The van der Waals surface area contributed by atoms with Gasteiger partial charge in [0.1, 0.15) is 12.4 Å². The Morgan fingerprint density at radius 1 is 1.06 bits per heavy atom. The first kappa shape index (κ1) is 22.9. The van der Waals surface area contributed by atoms with Crippen LogP contribution in [0.1, 0.15) is 48.0 Å². The van der Waals surface area contributed by atoms with Gasteiger partial charge in [-0.05, 0) is 43.0 Å². The van der Waals surface area contributed by atoms with Crippen LogP contribution in [0.5, 0.6) is 0 Å². The standard InChI is InChI=1S/C27H32N4O2/c1-3-4-8-21-11-13-23(14-12-21)29-26(32)19-31-20(2)28-25-15-16-30(18-24(25)27(31)33)17-22-9-6-5-7-10-22/h5-7,9-14H,3-4,8,15-19H2,1-2H3,(H,29,32). The van der Waals surface area contributed by atoms with E-state index in [1.165, 1.54) is 15.7 Å². The Balaban J connectivity index is 1.45. The molecule has 3 aromatic rings. The number of anilines is 1. The first-order valence-electron chi connectivity index (χ1n) is 11.8. The van der Waals surface area contributed by atoms with Gasteiger partial charge in [-0.2, -0.15) is 0 Å². The number of aromatic nitrogens is 2. The van der Waals surface area contributed by atoms with Crippen LogP contribution in [0.4, 0.5) is 5.69 Å². The van der Waals surface area contributed by atoms with E-state index in [2.05, 4.69) is 34.3 Å². The average Bonchev–Trinajstić information content (AvgIpc) is 2.82.